The van der Waals surface area contributed by atoms with Crippen molar-refractivity contribution in [3.63, 3.8) is 0 Å². The molecule has 43 heavy (non-hydrogen) atoms. The van der Waals surface area contributed by atoms with Crippen molar-refractivity contribution in [3.05, 3.63) is 76.6 Å². The molecule has 2 heterocycles. The number of likely N-dealkylation sites (tertiary alicyclic amines) is 1. The number of hydrogen-bond acceptors (Lipinski definition) is 5. The largest absolute Gasteiger partial charge is 0.505 e. The van der Waals surface area contributed by atoms with E-state index in [9.17, 15) is 24.1 Å². The van der Waals surface area contributed by atoms with Crippen LogP contribution in [-0.2, 0) is 14.2 Å². The molecule has 0 aromatic heterocycles. The Morgan fingerprint density at radius 1 is 1.07 bits per heavy atom. The molecule has 2 N–H and O–H groups in total. The number of fused-ring (bicyclic) bond motifs is 3. The summed E-state index contributed by atoms with van der Waals surface area (Å²) in [6.45, 7) is 2.13. The summed E-state index contributed by atoms with van der Waals surface area (Å²) in [4.78, 5) is 29.4. The molecule has 2 aliphatic heterocycles. The molecular formula is C35H41BFNO5. The molecule has 2 aliphatic carbocycles. The third kappa shape index (κ3) is 5.96. The molecule has 6 rings (SSSR count). The van der Waals surface area contributed by atoms with Gasteiger partial charge in [0.15, 0.2) is 11.6 Å². The maximum absolute atomic E-state index is 14.2. The van der Waals surface area contributed by atoms with Crippen molar-refractivity contribution in [3.8, 4) is 5.75 Å². The van der Waals surface area contributed by atoms with Crippen molar-refractivity contribution in [2.45, 2.75) is 89.6 Å². The lowest BCUT2D eigenvalue weighted by Crippen LogP contribution is -2.46. The topological polar surface area (TPSA) is 87.1 Å². The highest BCUT2D eigenvalue weighted by Crippen LogP contribution is 2.52. The average Bonchev–Trinajstić information content (AvgIpc) is 3.26. The van der Waals surface area contributed by atoms with Gasteiger partial charge in [-0.1, -0.05) is 80.7 Å². The Hall–Kier alpha value is -3.23. The molecule has 8 heteroatoms. The van der Waals surface area contributed by atoms with Crippen molar-refractivity contribution in [2.24, 2.45) is 17.8 Å². The van der Waals surface area contributed by atoms with E-state index in [2.05, 4.69) is 6.92 Å². The number of amides is 2. The minimum absolute atomic E-state index is 0.00119. The van der Waals surface area contributed by atoms with Crippen LogP contribution in [0.15, 0.2) is 59.7 Å². The summed E-state index contributed by atoms with van der Waals surface area (Å²) < 4.78 is 20.4. The second kappa shape index (κ2) is 12.8. The quantitative estimate of drug-likeness (QED) is 0.154. The van der Waals surface area contributed by atoms with E-state index in [0.717, 1.165) is 61.7 Å². The van der Waals surface area contributed by atoms with Crippen LogP contribution in [-0.4, -0.2) is 46.1 Å². The van der Waals surface area contributed by atoms with Crippen molar-refractivity contribution < 1.29 is 28.8 Å². The molecular weight excluding hydrogens is 544 g/mol. The van der Waals surface area contributed by atoms with Crippen molar-refractivity contribution in [2.75, 3.05) is 0 Å². The molecule has 6 nitrogen and oxygen atoms in total. The number of hydrogen-bond donors (Lipinski definition) is 2. The Balaban J connectivity index is 1.31. The maximum Gasteiger partial charge on any atom is 0.455 e. The van der Waals surface area contributed by atoms with Crippen LogP contribution in [0, 0.1) is 23.6 Å². The molecule has 2 amide bonds. The number of benzene rings is 2. The lowest BCUT2D eigenvalue weighted by atomic mass is 9.58. The predicted molar refractivity (Wildman–Crippen MR) is 165 cm³/mol. The second-order valence-corrected chi connectivity index (χ2v) is 12.7. The van der Waals surface area contributed by atoms with Crippen LogP contribution in [0.2, 0.25) is 6.32 Å². The average molecular weight is 586 g/mol. The van der Waals surface area contributed by atoms with Crippen molar-refractivity contribution >= 4 is 30.6 Å². The van der Waals surface area contributed by atoms with Gasteiger partial charge in [0.1, 0.15) is 0 Å². The molecule has 0 spiro atoms. The van der Waals surface area contributed by atoms with E-state index >= 15 is 0 Å². The molecule has 0 radical (unpaired) electrons. The minimum Gasteiger partial charge on any atom is -0.505 e. The zero-order valence-electron chi connectivity index (χ0n) is 24.9. The monoisotopic (exact) mass is 585 g/mol. The van der Waals surface area contributed by atoms with Crippen LogP contribution in [0.4, 0.5) is 4.39 Å². The molecule has 0 bridgehead atoms. The first-order valence-corrected chi connectivity index (χ1v) is 16.0. The smallest absolute Gasteiger partial charge is 0.455 e. The van der Waals surface area contributed by atoms with Crippen LogP contribution in [0.5, 0.6) is 5.75 Å². The zero-order chi connectivity index (χ0) is 30.1. The number of phenolic OH excluding ortho intramolecular Hbond substituents is 1. The summed E-state index contributed by atoms with van der Waals surface area (Å²) in [5, 5.41) is 20.6. The Kier molecular flexibility index (Phi) is 8.87. The van der Waals surface area contributed by atoms with Gasteiger partial charge in [-0.2, -0.15) is 0 Å². The zero-order valence-corrected chi connectivity index (χ0v) is 24.9. The number of imide groups is 1. The fraction of sp³-hybridized carbons (Fsp3) is 0.486. The number of aromatic hydroxyl groups is 1. The number of rotatable bonds is 8. The van der Waals surface area contributed by atoms with Crippen molar-refractivity contribution in [1.29, 1.82) is 0 Å². The summed E-state index contributed by atoms with van der Waals surface area (Å²) in [6, 6.07) is 14.2. The Labute approximate surface area is 253 Å². The van der Waals surface area contributed by atoms with Gasteiger partial charge in [-0.05, 0) is 85.2 Å². The van der Waals surface area contributed by atoms with Gasteiger partial charge in [0.2, 0.25) is 11.8 Å². The van der Waals surface area contributed by atoms with E-state index in [1.54, 1.807) is 11.0 Å². The first-order chi connectivity index (χ1) is 20.9. The number of carbonyl (C=O) groups excluding carboxylic acids is 2. The van der Waals surface area contributed by atoms with Gasteiger partial charge < -0.3 is 14.8 Å². The highest BCUT2D eigenvalue weighted by Gasteiger charge is 2.58. The molecule has 1 saturated carbocycles. The minimum atomic E-state index is -1.01. The summed E-state index contributed by atoms with van der Waals surface area (Å²) >= 11 is 0. The molecule has 3 fully saturated rings. The van der Waals surface area contributed by atoms with Crippen LogP contribution in [0.3, 0.4) is 0 Å². The first kappa shape index (κ1) is 29.8. The van der Waals surface area contributed by atoms with Crippen LogP contribution >= 0.6 is 0 Å². The molecule has 4 atom stereocenters. The highest BCUT2D eigenvalue weighted by atomic mass is 19.1. The standard InChI is InChI=1S/C35H41BFNO5/c1-2-9-25-20-27-33(35(41)38(34(27)40)26-12-7-4-8-13-26)28-21-36(42)43-31(32(25)28)17-15-24(23-10-5-3-6-11-23)18-22-14-16-30(39)29(37)19-22/h3,5-6,10-11,14,16,18-19,26-28,31,33,39,42H,2,4,7-9,12-13,15,17,20-21H2,1H3/b24-18-/t27-,28+,31-,33-/m1/s1. The fourth-order valence-electron chi connectivity index (χ4n) is 8.08. The van der Waals surface area contributed by atoms with Crippen molar-refractivity contribution in [1.82, 2.24) is 4.90 Å². The highest BCUT2D eigenvalue weighted by molar-refractivity contribution is 6.43. The van der Waals surface area contributed by atoms with E-state index < -0.39 is 18.9 Å². The summed E-state index contributed by atoms with van der Waals surface area (Å²) in [5.74, 6) is -2.12. The van der Waals surface area contributed by atoms with Gasteiger partial charge in [0.05, 0.1) is 17.9 Å². The molecule has 4 aliphatic rings. The Morgan fingerprint density at radius 3 is 2.56 bits per heavy atom. The first-order valence-electron chi connectivity index (χ1n) is 16.0. The summed E-state index contributed by atoms with van der Waals surface area (Å²) in [7, 11) is -1.01. The van der Waals surface area contributed by atoms with E-state index in [1.807, 2.05) is 36.4 Å². The fourth-order valence-corrected chi connectivity index (χ4v) is 8.08. The van der Waals surface area contributed by atoms with Crippen LogP contribution in [0.1, 0.15) is 82.3 Å². The van der Waals surface area contributed by atoms with Gasteiger partial charge in [-0.15, -0.1) is 0 Å². The Bertz CT molecular complexity index is 1420. The number of allylic oxidation sites excluding steroid dienone is 2. The number of nitrogens with zero attached hydrogens (tertiary/aromatic N) is 1. The maximum atomic E-state index is 14.2. The van der Waals surface area contributed by atoms with Gasteiger partial charge in [-0.3, -0.25) is 14.5 Å². The van der Waals surface area contributed by atoms with Gasteiger partial charge in [0, 0.05) is 6.04 Å². The normalized spacial score (nSPS) is 26.6. The number of carbonyl (C=O) groups is 2. The van der Waals surface area contributed by atoms with Crippen LogP contribution in [0.25, 0.3) is 11.6 Å². The Morgan fingerprint density at radius 2 is 1.84 bits per heavy atom. The lowest BCUT2D eigenvalue weighted by Gasteiger charge is -2.43. The van der Waals surface area contributed by atoms with Gasteiger partial charge in [-0.25, -0.2) is 4.39 Å². The molecule has 2 saturated heterocycles. The molecule has 2 aromatic carbocycles. The molecule has 0 unspecified atom stereocenters. The summed E-state index contributed by atoms with van der Waals surface area (Å²) in [6.07, 6.45) is 10.4. The third-order valence-corrected chi connectivity index (χ3v) is 9.97. The molecule has 226 valence electrons. The van der Waals surface area contributed by atoms with E-state index in [1.165, 1.54) is 17.7 Å². The third-order valence-electron chi connectivity index (χ3n) is 9.97. The SMILES string of the molecule is CCCC1=C2[C@@H](CC/C(=C/c3ccc(O)c(F)c3)c3ccccc3)OB(O)C[C@@H]2[C@@H]2C(=O)N(C3CCCCC3)C(=O)[C@@H]2C1. The number of phenols is 1. The predicted octanol–water partition coefficient (Wildman–Crippen LogP) is 6.78. The van der Waals surface area contributed by atoms with Gasteiger partial charge >= 0.3 is 7.12 Å². The van der Waals surface area contributed by atoms with E-state index in [-0.39, 0.29) is 41.5 Å². The van der Waals surface area contributed by atoms with E-state index in [4.69, 9.17) is 4.65 Å². The van der Waals surface area contributed by atoms with Gasteiger partial charge in [0.25, 0.3) is 0 Å². The van der Waals surface area contributed by atoms with Crippen LogP contribution < -0.4 is 0 Å². The summed E-state index contributed by atoms with van der Waals surface area (Å²) in [5.41, 5.74) is 4.94. The molecule has 2 aromatic rings. The number of halogens is 1. The van der Waals surface area contributed by atoms with E-state index in [0.29, 0.717) is 31.1 Å². The second-order valence-electron chi connectivity index (χ2n) is 12.7. The lowest BCUT2D eigenvalue weighted by molar-refractivity contribution is -0.143.